The molecule has 0 fully saturated rings. The monoisotopic (exact) mass is 395 g/mol. The number of ether oxygens (including phenoxy) is 1. The lowest BCUT2D eigenvalue weighted by atomic mass is 9.79. The second-order valence-corrected chi connectivity index (χ2v) is 15.0. The first-order valence-corrected chi connectivity index (χ1v) is 13.7. The molecular formula is C22H29N3O2Si. The van der Waals surface area contributed by atoms with Crippen LogP contribution >= 0.6 is 0 Å². The number of aryl methyl sites for hydroxylation is 1. The third-order valence-corrected chi connectivity index (χ3v) is 7.71. The number of nitrogens with zero attached hydrogens (tertiary/aromatic N) is 2. The second kappa shape index (κ2) is 6.71. The van der Waals surface area contributed by atoms with E-state index in [4.69, 9.17) is 10.5 Å². The molecule has 28 heavy (non-hydrogen) atoms. The van der Waals surface area contributed by atoms with Crippen LogP contribution in [0.25, 0.3) is 0 Å². The lowest BCUT2D eigenvalue weighted by molar-refractivity contribution is -0.124. The van der Waals surface area contributed by atoms with Crippen LogP contribution in [-0.4, -0.2) is 32.3 Å². The van der Waals surface area contributed by atoms with Gasteiger partial charge in [-0.25, -0.2) is 4.98 Å². The standard InChI is InChI=1S/C22H29N3O2Si/c1-15-10-16-12-22(13-17(16)11-19(15)23)18-6-5-7-24-20(18)25(21(22)26)14-27-8-9-28(2,3)4/h5-7,10-11H,8-9,12-14,23H2,1-4H3. The van der Waals surface area contributed by atoms with Crippen LogP contribution < -0.4 is 10.6 Å². The van der Waals surface area contributed by atoms with Gasteiger partial charge in [0.15, 0.2) is 0 Å². The molecule has 4 rings (SSSR count). The first-order chi connectivity index (χ1) is 13.2. The summed E-state index contributed by atoms with van der Waals surface area (Å²) in [6, 6.07) is 9.22. The fourth-order valence-corrected chi connectivity index (χ4v) is 5.08. The third kappa shape index (κ3) is 3.14. The van der Waals surface area contributed by atoms with Gasteiger partial charge < -0.3 is 10.5 Å². The quantitative estimate of drug-likeness (QED) is 0.476. The number of carbonyl (C=O) groups is 1. The molecule has 1 atom stereocenters. The number of anilines is 2. The minimum atomic E-state index is -1.16. The number of benzene rings is 1. The van der Waals surface area contributed by atoms with Gasteiger partial charge in [0, 0.05) is 32.1 Å². The molecule has 5 nitrogen and oxygen atoms in total. The van der Waals surface area contributed by atoms with Crippen LogP contribution in [0.2, 0.25) is 25.7 Å². The maximum absolute atomic E-state index is 13.6. The average molecular weight is 396 g/mol. The van der Waals surface area contributed by atoms with E-state index in [0.717, 1.165) is 28.7 Å². The highest BCUT2D eigenvalue weighted by Crippen LogP contribution is 2.49. The molecule has 1 unspecified atom stereocenters. The Morgan fingerprint density at radius 1 is 1.25 bits per heavy atom. The van der Waals surface area contributed by atoms with Crippen molar-refractivity contribution in [2.75, 3.05) is 24.0 Å². The van der Waals surface area contributed by atoms with E-state index in [0.29, 0.717) is 19.4 Å². The minimum absolute atomic E-state index is 0.0987. The smallest absolute Gasteiger partial charge is 0.241 e. The molecule has 1 amide bonds. The van der Waals surface area contributed by atoms with Gasteiger partial charge in [-0.05, 0) is 54.6 Å². The molecule has 148 valence electrons. The fourth-order valence-electron chi connectivity index (χ4n) is 4.32. The Balaban J connectivity index is 1.61. The van der Waals surface area contributed by atoms with Gasteiger partial charge in [-0.3, -0.25) is 9.69 Å². The number of pyridine rings is 1. The molecule has 0 bridgehead atoms. The van der Waals surface area contributed by atoms with Crippen LogP contribution in [0.5, 0.6) is 0 Å². The zero-order valence-corrected chi connectivity index (χ0v) is 18.2. The third-order valence-electron chi connectivity index (χ3n) is 6.00. The first-order valence-electron chi connectivity index (χ1n) is 9.94. The number of carbonyl (C=O) groups excluding carboxylic acids is 1. The highest BCUT2D eigenvalue weighted by Gasteiger charge is 2.54. The summed E-state index contributed by atoms with van der Waals surface area (Å²) in [6.07, 6.45) is 3.13. The normalized spacial score (nSPS) is 20.7. The summed E-state index contributed by atoms with van der Waals surface area (Å²) in [5.41, 5.74) is 10.8. The predicted octanol–water partition coefficient (Wildman–Crippen LogP) is 3.67. The first kappa shape index (κ1) is 19.1. The number of fused-ring (bicyclic) bond motifs is 3. The van der Waals surface area contributed by atoms with Crippen LogP contribution in [0.3, 0.4) is 0 Å². The largest absolute Gasteiger partial charge is 0.399 e. The topological polar surface area (TPSA) is 68.5 Å². The summed E-state index contributed by atoms with van der Waals surface area (Å²) >= 11 is 0. The molecule has 1 aliphatic heterocycles. The van der Waals surface area contributed by atoms with Crippen LogP contribution in [-0.2, 0) is 27.8 Å². The molecule has 1 aromatic carbocycles. The summed E-state index contributed by atoms with van der Waals surface area (Å²) in [5.74, 6) is 0.847. The van der Waals surface area contributed by atoms with Gasteiger partial charge in [-0.15, -0.1) is 0 Å². The highest BCUT2D eigenvalue weighted by atomic mass is 28.3. The van der Waals surface area contributed by atoms with Gasteiger partial charge in [0.1, 0.15) is 12.5 Å². The molecule has 2 aliphatic rings. The van der Waals surface area contributed by atoms with E-state index in [1.54, 1.807) is 11.1 Å². The van der Waals surface area contributed by atoms with Crippen molar-refractivity contribution in [3.8, 4) is 0 Å². The average Bonchev–Trinajstić information content (AvgIpc) is 3.09. The Kier molecular flexibility index (Phi) is 4.59. The zero-order valence-electron chi connectivity index (χ0n) is 17.2. The van der Waals surface area contributed by atoms with Crippen molar-refractivity contribution in [1.29, 1.82) is 0 Å². The summed E-state index contributed by atoms with van der Waals surface area (Å²) in [5, 5.41) is 0. The van der Waals surface area contributed by atoms with Gasteiger partial charge in [-0.2, -0.15) is 0 Å². The molecule has 0 saturated heterocycles. The number of hydrogen-bond donors (Lipinski definition) is 1. The highest BCUT2D eigenvalue weighted by molar-refractivity contribution is 6.76. The Bertz CT molecular complexity index is 905. The molecule has 6 heteroatoms. The Morgan fingerprint density at radius 2 is 1.96 bits per heavy atom. The minimum Gasteiger partial charge on any atom is -0.399 e. The van der Waals surface area contributed by atoms with E-state index < -0.39 is 13.5 Å². The molecule has 1 spiro atoms. The van der Waals surface area contributed by atoms with E-state index in [1.807, 2.05) is 25.1 Å². The van der Waals surface area contributed by atoms with Crippen molar-refractivity contribution in [1.82, 2.24) is 4.98 Å². The molecule has 1 aromatic heterocycles. The number of nitrogen functional groups attached to an aromatic ring is 1. The number of nitrogens with two attached hydrogens (primary N) is 1. The maximum atomic E-state index is 13.6. The molecule has 0 radical (unpaired) electrons. The van der Waals surface area contributed by atoms with Gasteiger partial charge in [0.2, 0.25) is 5.91 Å². The number of rotatable bonds is 5. The van der Waals surface area contributed by atoms with Crippen LogP contribution in [0, 0.1) is 6.92 Å². The van der Waals surface area contributed by atoms with Crippen molar-refractivity contribution >= 4 is 25.5 Å². The summed E-state index contributed by atoms with van der Waals surface area (Å²) < 4.78 is 5.92. The molecule has 0 saturated carbocycles. The zero-order chi connectivity index (χ0) is 20.1. The SMILES string of the molecule is Cc1cc2c(cc1N)CC1(C2)C(=O)N(COCC[Si](C)(C)C)c2ncccc21. The fraction of sp³-hybridized carbons (Fsp3) is 0.455. The number of aromatic nitrogens is 1. The van der Waals surface area contributed by atoms with Gasteiger partial charge in [0.05, 0.1) is 5.41 Å². The maximum Gasteiger partial charge on any atom is 0.241 e. The molecule has 2 aromatic rings. The number of hydrogen-bond acceptors (Lipinski definition) is 4. The summed E-state index contributed by atoms with van der Waals surface area (Å²) in [7, 11) is -1.16. The molecular weight excluding hydrogens is 366 g/mol. The van der Waals surface area contributed by atoms with Crippen molar-refractivity contribution in [2.45, 2.75) is 50.9 Å². The van der Waals surface area contributed by atoms with E-state index in [2.05, 4.69) is 30.7 Å². The van der Waals surface area contributed by atoms with Crippen molar-refractivity contribution in [2.24, 2.45) is 0 Å². The molecule has 2 N–H and O–H groups in total. The Labute approximate surface area is 167 Å². The Morgan fingerprint density at radius 3 is 2.68 bits per heavy atom. The second-order valence-electron chi connectivity index (χ2n) is 9.37. The van der Waals surface area contributed by atoms with Crippen molar-refractivity contribution < 1.29 is 9.53 Å². The van der Waals surface area contributed by atoms with Crippen molar-refractivity contribution in [3.05, 3.63) is 52.7 Å². The van der Waals surface area contributed by atoms with E-state index in [1.165, 1.54) is 11.1 Å². The summed E-state index contributed by atoms with van der Waals surface area (Å²) in [6.45, 7) is 9.95. The van der Waals surface area contributed by atoms with E-state index >= 15 is 0 Å². The van der Waals surface area contributed by atoms with Crippen molar-refractivity contribution in [3.63, 3.8) is 0 Å². The molecule has 1 aliphatic carbocycles. The Hall–Kier alpha value is -2.18. The molecule has 2 heterocycles. The summed E-state index contributed by atoms with van der Waals surface area (Å²) in [4.78, 5) is 19.9. The van der Waals surface area contributed by atoms with E-state index in [9.17, 15) is 4.79 Å². The lowest BCUT2D eigenvalue weighted by Crippen LogP contribution is -2.42. The van der Waals surface area contributed by atoms with E-state index in [-0.39, 0.29) is 12.6 Å². The van der Waals surface area contributed by atoms with Crippen LogP contribution in [0.1, 0.15) is 22.3 Å². The number of amides is 1. The predicted molar refractivity (Wildman–Crippen MR) is 115 cm³/mol. The van der Waals surface area contributed by atoms with Gasteiger partial charge in [-0.1, -0.05) is 31.8 Å². The van der Waals surface area contributed by atoms with Crippen LogP contribution in [0.4, 0.5) is 11.5 Å². The van der Waals surface area contributed by atoms with Gasteiger partial charge in [0.25, 0.3) is 0 Å². The van der Waals surface area contributed by atoms with Gasteiger partial charge >= 0.3 is 0 Å². The lowest BCUT2D eigenvalue weighted by Gasteiger charge is -2.23. The van der Waals surface area contributed by atoms with Crippen LogP contribution in [0.15, 0.2) is 30.5 Å².